The summed E-state index contributed by atoms with van der Waals surface area (Å²) in [4.78, 5) is 1.01. The van der Waals surface area contributed by atoms with Gasteiger partial charge in [0.05, 0.1) is 16.6 Å². The van der Waals surface area contributed by atoms with Crippen molar-refractivity contribution >= 4 is 37.9 Å². The van der Waals surface area contributed by atoms with E-state index < -0.39 is 7.92 Å². The second-order valence-corrected chi connectivity index (χ2v) is 15.0. The molecule has 0 saturated heterocycles. The molecule has 2 fully saturated rings. The predicted octanol–water partition coefficient (Wildman–Crippen LogP) is 12.3. The van der Waals surface area contributed by atoms with Gasteiger partial charge in [-0.2, -0.15) is 43.0 Å². The third-order valence-electron chi connectivity index (χ3n) is 7.81. The van der Waals surface area contributed by atoms with Crippen LogP contribution in [0.15, 0.2) is 96.6 Å². The molecular formula is C38H54NOPPdPtS2. The van der Waals surface area contributed by atoms with Crippen LogP contribution < -0.4 is 5.30 Å². The molecule has 7 heteroatoms. The number of allylic oxidation sites excluding steroid dienone is 6. The fourth-order valence-corrected chi connectivity index (χ4v) is 10.4. The Bertz CT molecular complexity index is 1150. The Labute approximate surface area is 315 Å². The van der Waals surface area contributed by atoms with E-state index in [4.69, 9.17) is 10.3 Å². The van der Waals surface area contributed by atoms with Crippen LogP contribution in [0.25, 0.3) is 16.9 Å². The van der Waals surface area contributed by atoms with Crippen molar-refractivity contribution in [1.29, 1.82) is 0 Å². The maximum Gasteiger partial charge on any atom is 2.00 e. The van der Waals surface area contributed by atoms with Crippen molar-refractivity contribution in [2.24, 2.45) is 0 Å². The zero-order valence-electron chi connectivity index (χ0n) is 27.6. The van der Waals surface area contributed by atoms with E-state index in [2.05, 4.69) is 81.8 Å². The molecule has 0 heterocycles. The first-order valence-corrected chi connectivity index (χ1v) is 18.7. The van der Waals surface area contributed by atoms with Gasteiger partial charge in [-0.3, -0.25) is 5.70 Å². The number of benzene rings is 2. The molecule has 2 N–H and O–H groups in total. The Morgan fingerprint density at radius 2 is 1.53 bits per heavy atom. The van der Waals surface area contributed by atoms with Crippen LogP contribution in [0.4, 0.5) is 0 Å². The summed E-state index contributed by atoms with van der Waals surface area (Å²) in [5, 5.41) is 1.70. The van der Waals surface area contributed by atoms with E-state index in [1.54, 1.807) is 29.8 Å². The molecule has 2 saturated carbocycles. The minimum absolute atomic E-state index is 0. The quantitative estimate of drug-likeness (QED) is 0.0726. The number of nitrogens with one attached hydrogen (secondary N) is 1. The Morgan fingerprint density at radius 3 is 1.96 bits per heavy atom. The Kier molecular flexibility index (Phi) is 29.3. The van der Waals surface area contributed by atoms with E-state index in [1.807, 2.05) is 26.0 Å². The van der Waals surface area contributed by atoms with Crippen LogP contribution >= 0.6 is 32.6 Å². The Hall–Kier alpha value is -0.619. The summed E-state index contributed by atoms with van der Waals surface area (Å²) in [6, 6.07) is 17.2. The SMILES string of the molecule is C=C([NH-])C(C)=[C-]/C=C\C.C=CC=C.CSO.Cc1cc(S)c[c-]c1-c1ccccc1[PH+](C1CCCCC1)C1CCCCC1.[Pd+2].[Pt]. The van der Waals surface area contributed by atoms with Gasteiger partial charge in [0.1, 0.15) is 0 Å². The maximum atomic E-state index is 7.49. The molecule has 0 radical (unpaired) electrons. The summed E-state index contributed by atoms with van der Waals surface area (Å²) in [6.07, 6.45) is 26.0. The van der Waals surface area contributed by atoms with Crippen molar-refractivity contribution < 1.29 is 46.0 Å². The van der Waals surface area contributed by atoms with Crippen LogP contribution in [-0.4, -0.2) is 22.1 Å². The summed E-state index contributed by atoms with van der Waals surface area (Å²) in [7, 11) is -0.566. The smallest absolute Gasteiger partial charge is 0.756 e. The van der Waals surface area contributed by atoms with Crippen molar-refractivity contribution in [3.63, 3.8) is 0 Å². The minimum atomic E-state index is -0.566. The molecule has 0 bridgehead atoms. The molecule has 0 spiro atoms. The van der Waals surface area contributed by atoms with Gasteiger partial charge in [-0.05, 0) is 69.5 Å². The van der Waals surface area contributed by atoms with E-state index in [0.717, 1.165) is 33.8 Å². The molecule has 2 aliphatic carbocycles. The zero-order valence-corrected chi connectivity index (χ0v) is 34.1. The second-order valence-electron chi connectivity index (χ2n) is 11.0. The first kappa shape index (κ1) is 46.5. The Morgan fingerprint density at radius 1 is 1.04 bits per heavy atom. The fourth-order valence-electron chi connectivity index (χ4n) is 5.73. The van der Waals surface area contributed by atoms with E-state index >= 15 is 0 Å². The second kappa shape index (κ2) is 28.4. The average molecular weight is 937 g/mol. The number of hydrogen-bond donors (Lipinski definition) is 2. The topological polar surface area (TPSA) is 44.0 Å². The number of hydrogen-bond acceptors (Lipinski definition) is 3. The van der Waals surface area contributed by atoms with Crippen LogP contribution in [0, 0.1) is 19.1 Å². The van der Waals surface area contributed by atoms with Crippen LogP contribution in [0.1, 0.15) is 83.6 Å². The monoisotopic (exact) mass is 936 g/mol. The van der Waals surface area contributed by atoms with Gasteiger partial charge in [0.15, 0.2) is 0 Å². The van der Waals surface area contributed by atoms with E-state index in [1.165, 1.54) is 80.9 Å². The van der Waals surface area contributed by atoms with Gasteiger partial charge in [0.2, 0.25) is 0 Å². The van der Waals surface area contributed by atoms with Crippen LogP contribution in [0.2, 0.25) is 0 Å². The molecule has 0 atom stereocenters. The average Bonchev–Trinajstić information content (AvgIpc) is 3.02. The van der Waals surface area contributed by atoms with Gasteiger partial charge in [0, 0.05) is 35.2 Å². The first-order chi connectivity index (χ1) is 20.7. The van der Waals surface area contributed by atoms with Crippen molar-refractivity contribution in [2.45, 2.75) is 101 Å². The summed E-state index contributed by atoms with van der Waals surface area (Å²) < 4.78 is 7.49. The normalized spacial score (nSPS) is 15.0. The molecule has 2 aromatic rings. The summed E-state index contributed by atoms with van der Waals surface area (Å²) in [5.41, 5.74) is 14.2. The molecule has 2 aliphatic rings. The number of rotatable bonds is 7. The predicted molar refractivity (Wildman–Crippen MR) is 202 cm³/mol. The molecule has 0 unspecified atom stereocenters. The van der Waals surface area contributed by atoms with Gasteiger partial charge in [-0.25, -0.2) is 0 Å². The molecule has 45 heavy (non-hydrogen) atoms. The molecule has 2 nitrogen and oxygen atoms in total. The largest absolute Gasteiger partial charge is 2.00 e. The number of thiol groups is 1. The molecule has 4 rings (SSSR count). The fraction of sp³-hybridized carbons (Fsp3) is 0.421. The van der Waals surface area contributed by atoms with Crippen molar-refractivity contribution in [3.8, 4) is 11.1 Å². The van der Waals surface area contributed by atoms with Crippen LogP contribution in [0.5, 0.6) is 0 Å². The van der Waals surface area contributed by atoms with Crippen LogP contribution in [0.3, 0.4) is 0 Å². The minimum Gasteiger partial charge on any atom is -0.756 e. The zero-order chi connectivity index (χ0) is 32.0. The van der Waals surface area contributed by atoms with Crippen LogP contribution in [-0.2, 0) is 41.5 Å². The van der Waals surface area contributed by atoms with Crippen molar-refractivity contribution in [3.05, 3.63) is 115 Å². The standard InChI is InChI=1S/C25H32PS.C8H11N.C4H6.CH4OS.Pd.Pt/c1-19-18-22(27)16-17-23(19)24-14-8-9-15-25(24)26(20-10-4-2-5-11-20)21-12-6-3-7-13-21;1-4-5-6-7(2)8(3)9;1-3-4-2;1-3-2;;/h8-9,14-16,18,20-21,27H,2-7,10-13H2,1H3;4-5,9H,3H2,1-2H3;3-4H,1-2H2;2H,1H3;;/q-1;-2;;;+2;/p+1/b;5-4-;;;;. The molecule has 2 aromatic carbocycles. The van der Waals surface area contributed by atoms with Gasteiger partial charge in [-0.1, -0.05) is 87.6 Å². The van der Waals surface area contributed by atoms with Gasteiger partial charge < -0.3 is 10.3 Å². The van der Waals surface area contributed by atoms with Gasteiger partial charge >= 0.3 is 20.4 Å². The van der Waals surface area contributed by atoms with Gasteiger partial charge in [-0.15, -0.1) is 29.3 Å². The van der Waals surface area contributed by atoms with Crippen molar-refractivity contribution in [1.82, 2.24) is 0 Å². The van der Waals surface area contributed by atoms with Gasteiger partial charge in [0.25, 0.3) is 0 Å². The van der Waals surface area contributed by atoms with Crippen molar-refractivity contribution in [2.75, 3.05) is 6.26 Å². The maximum absolute atomic E-state index is 7.49. The summed E-state index contributed by atoms with van der Waals surface area (Å²) in [6.45, 7) is 16.1. The molecule has 0 aliphatic heterocycles. The molecular weight excluding hydrogens is 883 g/mol. The molecule has 0 aromatic heterocycles. The van der Waals surface area contributed by atoms with E-state index in [0.29, 0.717) is 5.70 Å². The Balaban J connectivity index is 0. The molecule has 0 amide bonds. The summed E-state index contributed by atoms with van der Waals surface area (Å²) in [5.74, 6) is 0. The third-order valence-corrected chi connectivity index (χ3v) is 12.0. The number of aryl methyl sites for hydroxylation is 1. The van der Waals surface area contributed by atoms with E-state index in [-0.39, 0.29) is 41.5 Å². The summed E-state index contributed by atoms with van der Waals surface area (Å²) >= 11 is 5.27. The molecule has 254 valence electrons. The van der Waals surface area contributed by atoms with E-state index in [9.17, 15) is 0 Å². The third kappa shape index (κ3) is 17.9. The first-order valence-electron chi connectivity index (χ1n) is 15.5.